The molecule has 1 aromatic rings. The molecule has 0 saturated heterocycles. The Bertz CT molecular complexity index is 664. The van der Waals surface area contributed by atoms with E-state index in [0.29, 0.717) is 17.4 Å². The van der Waals surface area contributed by atoms with Gasteiger partial charge in [0, 0.05) is 6.04 Å². The van der Waals surface area contributed by atoms with Gasteiger partial charge in [-0.15, -0.1) is 0 Å². The lowest BCUT2D eigenvalue weighted by Crippen LogP contribution is -2.40. The number of hydrogen-bond acceptors (Lipinski definition) is 4. The van der Waals surface area contributed by atoms with Gasteiger partial charge in [-0.1, -0.05) is 13.8 Å². The number of nitrogens with two attached hydrogens (primary N) is 1. The van der Waals surface area contributed by atoms with E-state index in [0.717, 1.165) is 19.3 Å². The lowest BCUT2D eigenvalue weighted by Gasteiger charge is -2.32. The third kappa shape index (κ3) is 3.55. The molecule has 6 heteroatoms. The quantitative estimate of drug-likeness (QED) is 0.837. The summed E-state index contributed by atoms with van der Waals surface area (Å²) in [6, 6.07) is 6.15. The van der Waals surface area contributed by atoms with Crippen LogP contribution in [0, 0.1) is 23.2 Å². The van der Waals surface area contributed by atoms with E-state index in [9.17, 15) is 8.42 Å². The molecule has 0 amide bonds. The summed E-state index contributed by atoms with van der Waals surface area (Å²) in [7, 11) is -3.64. The second-order valence-corrected chi connectivity index (χ2v) is 7.63. The van der Waals surface area contributed by atoms with Crippen molar-refractivity contribution in [2.75, 3.05) is 5.73 Å². The van der Waals surface area contributed by atoms with Crippen molar-refractivity contribution < 1.29 is 8.42 Å². The van der Waals surface area contributed by atoms with Crippen molar-refractivity contribution in [2.24, 2.45) is 11.8 Å². The second-order valence-electron chi connectivity index (χ2n) is 5.95. The summed E-state index contributed by atoms with van der Waals surface area (Å²) in [6.07, 6.45) is 2.72. The summed E-state index contributed by atoms with van der Waals surface area (Å²) in [5, 5.41) is 8.80. The van der Waals surface area contributed by atoms with Crippen molar-refractivity contribution >= 4 is 15.7 Å². The van der Waals surface area contributed by atoms with Crippen LogP contribution >= 0.6 is 0 Å². The van der Waals surface area contributed by atoms with Crippen molar-refractivity contribution in [3.05, 3.63) is 23.8 Å². The molecule has 3 N–H and O–H groups in total. The van der Waals surface area contributed by atoms with E-state index in [2.05, 4.69) is 18.6 Å². The Labute approximate surface area is 126 Å². The molecule has 3 unspecified atom stereocenters. The monoisotopic (exact) mass is 307 g/mol. The second kappa shape index (κ2) is 6.04. The van der Waals surface area contributed by atoms with Crippen LogP contribution in [0.15, 0.2) is 23.1 Å². The molecule has 1 aliphatic rings. The molecule has 0 aliphatic heterocycles. The van der Waals surface area contributed by atoms with Crippen LogP contribution in [0.4, 0.5) is 5.69 Å². The van der Waals surface area contributed by atoms with Gasteiger partial charge in [0.2, 0.25) is 10.0 Å². The van der Waals surface area contributed by atoms with E-state index in [4.69, 9.17) is 11.0 Å². The molecule has 0 radical (unpaired) electrons. The minimum atomic E-state index is -3.64. The van der Waals surface area contributed by atoms with Crippen LogP contribution in [0.3, 0.4) is 0 Å². The number of nitriles is 1. The van der Waals surface area contributed by atoms with Gasteiger partial charge >= 0.3 is 0 Å². The molecule has 0 heterocycles. The molecule has 0 spiro atoms. The molecule has 2 rings (SSSR count). The number of anilines is 1. The van der Waals surface area contributed by atoms with Crippen molar-refractivity contribution in [2.45, 2.75) is 44.0 Å². The molecule has 0 aromatic heterocycles. The van der Waals surface area contributed by atoms with Crippen molar-refractivity contribution in [3.63, 3.8) is 0 Å². The van der Waals surface area contributed by atoms with E-state index in [1.165, 1.54) is 18.2 Å². The van der Waals surface area contributed by atoms with E-state index >= 15 is 0 Å². The lowest BCUT2D eigenvalue weighted by atomic mass is 9.79. The fraction of sp³-hybridized carbons (Fsp3) is 0.533. The van der Waals surface area contributed by atoms with Gasteiger partial charge in [-0.05, 0) is 49.3 Å². The summed E-state index contributed by atoms with van der Waals surface area (Å²) in [5.74, 6) is 1.13. The first kappa shape index (κ1) is 15.8. The summed E-state index contributed by atoms with van der Waals surface area (Å²) in [4.78, 5) is 0.0489. The average Bonchev–Trinajstić information content (AvgIpc) is 2.42. The Morgan fingerprint density at radius 1 is 1.29 bits per heavy atom. The van der Waals surface area contributed by atoms with Crippen molar-refractivity contribution in [3.8, 4) is 6.07 Å². The normalized spacial score (nSPS) is 26.2. The third-order valence-electron chi connectivity index (χ3n) is 4.35. The van der Waals surface area contributed by atoms with Crippen molar-refractivity contribution in [1.82, 2.24) is 4.72 Å². The van der Waals surface area contributed by atoms with E-state index in [1.54, 1.807) is 0 Å². The highest BCUT2D eigenvalue weighted by Gasteiger charge is 2.29. The zero-order valence-electron chi connectivity index (χ0n) is 12.3. The van der Waals surface area contributed by atoms with Crippen LogP contribution in [0.25, 0.3) is 0 Å². The zero-order chi connectivity index (χ0) is 15.6. The summed E-state index contributed by atoms with van der Waals surface area (Å²) >= 11 is 0. The maximum atomic E-state index is 12.4. The number of hydrogen-bond donors (Lipinski definition) is 2. The van der Waals surface area contributed by atoms with Crippen LogP contribution in [-0.2, 0) is 10.0 Å². The first-order valence-electron chi connectivity index (χ1n) is 7.15. The molecule has 21 heavy (non-hydrogen) atoms. The van der Waals surface area contributed by atoms with Gasteiger partial charge in [0.05, 0.1) is 17.3 Å². The number of nitrogens with zero attached hydrogens (tertiary/aromatic N) is 1. The maximum absolute atomic E-state index is 12.4. The maximum Gasteiger partial charge on any atom is 0.242 e. The van der Waals surface area contributed by atoms with Gasteiger partial charge in [-0.3, -0.25) is 0 Å². The highest BCUT2D eigenvalue weighted by molar-refractivity contribution is 7.89. The molecule has 1 aromatic carbocycles. The first-order valence-corrected chi connectivity index (χ1v) is 8.63. The topological polar surface area (TPSA) is 96.0 Å². The minimum Gasteiger partial charge on any atom is -0.398 e. The fourth-order valence-electron chi connectivity index (χ4n) is 2.80. The minimum absolute atomic E-state index is 0.0451. The van der Waals surface area contributed by atoms with E-state index in [-0.39, 0.29) is 16.6 Å². The Hall–Kier alpha value is -1.58. The van der Waals surface area contributed by atoms with Gasteiger partial charge in [0.1, 0.15) is 4.90 Å². The summed E-state index contributed by atoms with van der Waals surface area (Å²) in [6.45, 7) is 4.36. The predicted octanol–water partition coefficient (Wildman–Crippen LogP) is 2.24. The van der Waals surface area contributed by atoms with Gasteiger partial charge < -0.3 is 5.73 Å². The molecule has 3 atom stereocenters. The largest absolute Gasteiger partial charge is 0.398 e. The highest BCUT2D eigenvalue weighted by Crippen LogP contribution is 2.30. The van der Waals surface area contributed by atoms with E-state index < -0.39 is 10.0 Å². The van der Waals surface area contributed by atoms with E-state index in [1.807, 2.05) is 6.07 Å². The molecular formula is C15H21N3O2S. The van der Waals surface area contributed by atoms with Gasteiger partial charge in [-0.25, -0.2) is 13.1 Å². The van der Waals surface area contributed by atoms with Crippen LogP contribution in [0.1, 0.15) is 38.7 Å². The number of nitrogen functional groups attached to an aromatic ring is 1. The number of sulfonamides is 1. The molecule has 1 saturated carbocycles. The first-order chi connectivity index (χ1) is 9.83. The van der Waals surface area contributed by atoms with Gasteiger partial charge in [-0.2, -0.15) is 5.26 Å². The summed E-state index contributed by atoms with van der Waals surface area (Å²) < 4.78 is 27.6. The van der Waals surface area contributed by atoms with Crippen LogP contribution < -0.4 is 10.5 Å². The van der Waals surface area contributed by atoms with Crippen molar-refractivity contribution in [1.29, 1.82) is 5.26 Å². The Morgan fingerprint density at radius 2 is 2.00 bits per heavy atom. The lowest BCUT2D eigenvalue weighted by molar-refractivity contribution is 0.242. The zero-order valence-corrected chi connectivity index (χ0v) is 13.2. The Balaban J connectivity index is 2.18. The number of benzene rings is 1. The van der Waals surface area contributed by atoms with Gasteiger partial charge in [0.25, 0.3) is 0 Å². The molecule has 5 nitrogen and oxygen atoms in total. The molecule has 1 aliphatic carbocycles. The van der Waals surface area contributed by atoms with Crippen LogP contribution in [-0.4, -0.2) is 14.5 Å². The Kier molecular flexibility index (Phi) is 4.55. The van der Waals surface area contributed by atoms with Gasteiger partial charge in [0.15, 0.2) is 0 Å². The third-order valence-corrected chi connectivity index (χ3v) is 5.94. The smallest absolute Gasteiger partial charge is 0.242 e. The van der Waals surface area contributed by atoms with Crippen LogP contribution in [0.2, 0.25) is 0 Å². The molecule has 0 bridgehead atoms. The summed E-state index contributed by atoms with van der Waals surface area (Å²) in [5.41, 5.74) is 6.23. The standard InChI is InChI=1S/C15H21N3O2S/c1-10-3-5-13(7-11(10)2)18-21(19,20)15-6-4-12(9-16)8-14(15)17/h4,6,8,10-11,13,18H,3,5,7,17H2,1-2H3. The Morgan fingerprint density at radius 3 is 2.57 bits per heavy atom. The molecular weight excluding hydrogens is 286 g/mol. The predicted molar refractivity (Wildman–Crippen MR) is 81.9 cm³/mol. The highest BCUT2D eigenvalue weighted by atomic mass is 32.2. The average molecular weight is 307 g/mol. The number of rotatable bonds is 3. The van der Waals surface area contributed by atoms with Crippen LogP contribution in [0.5, 0.6) is 0 Å². The molecule has 114 valence electrons. The SMILES string of the molecule is CC1CCC(NS(=O)(=O)c2ccc(C#N)cc2N)CC1C. The fourth-order valence-corrected chi connectivity index (χ4v) is 4.20. The molecule has 1 fully saturated rings. The number of nitrogens with one attached hydrogen (secondary N) is 1.